The number of thiophene rings is 1. The van der Waals surface area contributed by atoms with E-state index in [2.05, 4.69) is 16.8 Å². The maximum atomic E-state index is 11.3. The van der Waals surface area contributed by atoms with E-state index in [0.29, 0.717) is 6.54 Å². The van der Waals surface area contributed by atoms with E-state index in [9.17, 15) is 4.79 Å². The van der Waals surface area contributed by atoms with Crippen molar-refractivity contribution >= 4 is 17.4 Å². The summed E-state index contributed by atoms with van der Waals surface area (Å²) in [6.45, 7) is 6.17. The Morgan fingerprint density at radius 3 is 2.80 bits per heavy atom. The second-order valence-corrected chi connectivity index (χ2v) is 5.09. The van der Waals surface area contributed by atoms with Gasteiger partial charge in [0.15, 0.2) is 0 Å². The van der Waals surface area contributed by atoms with E-state index in [0.717, 1.165) is 6.42 Å². The Hall–Kier alpha value is -1.03. The Morgan fingerprint density at radius 1 is 1.53 bits per heavy atom. The monoisotopic (exact) mass is 227 g/mol. The normalized spacial score (nSPS) is 11.1. The number of hydrogen-bond acceptors (Lipinski definition) is 3. The first-order valence-corrected chi connectivity index (χ1v) is 5.89. The molecule has 1 rings (SSSR count). The van der Waals surface area contributed by atoms with Gasteiger partial charge >= 0.3 is 6.09 Å². The zero-order chi connectivity index (χ0) is 11.3. The molecular weight excluding hydrogens is 210 g/mol. The Kier molecular flexibility index (Phi) is 4.15. The van der Waals surface area contributed by atoms with E-state index < -0.39 is 5.60 Å². The number of ether oxygens (including phenoxy) is 1. The molecule has 0 fully saturated rings. The van der Waals surface area contributed by atoms with E-state index in [4.69, 9.17) is 4.74 Å². The molecule has 1 aromatic heterocycles. The molecule has 0 aromatic carbocycles. The smallest absolute Gasteiger partial charge is 0.407 e. The van der Waals surface area contributed by atoms with Crippen LogP contribution in [0.4, 0.5) is 4.79 Å². The van der Waals surface area contributed by atoms with E-state index in [-0.39, 0.29) is 6.09 Å². The number of hydrogen-bond donors (Lipinski definition) is 1. The van der Waals surface area contributed by atoms with E-state index in [1.807, 2.05) is 26.2 Å². The summed E-state index contributed by atoms with van der Waals surface area (Å²) in [4.78, 5) is 11.3. The lowest BCUT2D eigenvalue weighted by molar-refractivity contribution is 0.0528. The molecule has 0 aliphatic rings. The summed E-state index contributed by atoms with van der Waals surface area (Å²) in [6, 6.07) is 2.06. The Morgan fingerprint density at radius 2 is 2.27 bits per heavy atom. The molecule has 1 amide bonds. The quantitative estimate of drug-likeness (QED) is 0.862. The topological polar surface area (TPSA) is 38.3 Å². The van der Waals surface area contributed by atoms with Crippen molar-refractivity contribution in [3.8, 4) is 0 Å². The highest BCUT2D eigenvalue weighted by Gasteiger charge is 2.15. The molecule has 0 saturated heterocycles. The molecule has 1 N–H and O–H groups in total. The number of carbonyl (C=O) groups excluding carboxylic acids is 1. The first-order chi connectivity index (χ1) is 6.97. The predicted molar refractivity (Wildman–Crippen MR) is 62.3 cm³/mol. The van der Waals surface area contributed by atoms with Gasteiger partial charge in [-0.15, -0.1) is 0 Å². The Labute approximate surface area is 94.5 Å². The van der Waals surface area contributed by atoms with Crippen LogP contribution in [0.15, 0.2) is 16.8 Å². The molecule has 15 heavy (non-hydrogen) atoms. The van der Waals surface area contributed by atoms with E-state index in [1.54, 1.807) is 11.3 Å². The third kappa shape index (κ3) is 5.42. The second kappa shape index (κ2) is 5.16. The summed E-state index contributed by atoms with van der Waals surface area (Å²) in [6.07, 6.45) is 0.501. The van der Waals surface area contributed by atoms with Gasteiger partial charge in [0.05, 0.1) is 0 Å². The van der Waals surface area contributed by atoms with Crippen LogP contribution in [0.3, 0.4) is 0 Å². The van der Waals surface area contributed by atoms with Crippen molar-refractivity contribution in [2.24, 2.45) is 0 Å². The van der Waals surface area contributed by atoms with Crippen molar-refractivity contribution in [1.29, 1.82) is 0 Å². The highest BCUT2D eigenvalue weighted by Crippen LogP contribution is 2.07. The number of amides is 1. The van der Waals surface area contributed by atoms with Crippen molar-refractivity contribution in [3.63, 3.8) is 0 Å². The molecule has 0 unspecified atom stereocenters. The SMILES string of the molecule is CC(C)(C)OC(=O)NCCc1ccsc1. The third-order valence-corrected chi connectivity index (χ3v) is 2.39. The van der Waals surface area contributed by atoms with Gasteiger partial charge in [-0.2, -0.15) is 11.3 Å². The lowest BCUT2D eigenvalue weighted by Gasteiger charge is -2.19. The molecule has 0 aliphatic heterocycles. The van der Waals surface area contributed by atoms with Crippen LogP contribution in [0, 0.1) is 0 Å². The first-order valence-electron chi connectivity index (χ1n) is 4.95. The highest BCUT2D eigenvalue weighted by atomic mass is 32.1. The summed E-state index contributed by atoms with van der Waals surface area (Å²) in [5.41, 5.74) is 0.822. The lowest BCUT2D eigenvalue weighted by Crippen LogP contribution is -2.33. The van der Waals surface area contributed by atoms with Gasteiger partial charge in [-0.1, -0.05) is 0 Å². The summed E-state index contributed by atoms with van der Waals surface area (Å²) in [5.74, 6) is 0. The summed E-state index contributed by atoms with van der Waals surface area (Å²) in [5, 5.41) is 6.83. The van der Waals surface area contributed by atoms with Gasteiger partial charge in [0.1, 0.15) is 5.60 Å². The van der Waals surface area contributed by atoms with Crippen LogP contribution in [0.25, 0.3) is 0 Å². The number of nitrogens with one attached hydrogen (secondary N) is 1. The van der Waals surface area contributed by atoms with Crippen molar-refractivity contribution in [2.45, 2.75) is 32.8 Å². The summed E-state index contributed by atoms with van der Waals surface area (Å²) >= 11 is 1.66. The van der Waals surface area contributed by atoms with Crippen molar-refractivity contribution in [2.75, 3.05) is 6.54 Å². The van der Waals surface area contributed by atoms with Gasteiger partial charge in [0, 0.05) is 6.54 Å². The Bertz CT molecular complexity index is 301. The average Bonchev–Trinajstić information content (AvgIpc) is 2.53. The number of carbonyl (C=O) groups is 1. The average molecular weight is 227 g/mol. The summed E-state index contributed by atoms with van der Waals surface area (Å²) in [7, 11) is 0. The minimum atomic E-state index is -0.424. The minimum absolute atomic E-state index is 0.349. The van der Waals surface area contributed by atoms with Gasteiger partial charge in [0.2, 0.25) is 0 Å². The first kappa shape index (κ1) is 12.0. The molecule has 0 atom stereocenters. The molecule has 1 heterocycles. The summed E-state index contributed by atoms with van der Waals surface area (Å²) < 4.78 is 5.11. The fourth-order valence-electron chi connectivity index (χ4n) is 1.06. The van der Waals surface area contributed by atoms with Gasteiger partial charge in [-0.25, -0.2) is 4.79 Å². The molecule has 0 saturated carbocycles. The van der Waals surface area contributed by atoms with E-state index in [1.165, 1.54) is 5.56 Å². The van der Waals surface area contributed by atoms with Gasteiger partial charge in [0.25, 0.3) is 0 Å². The lowest BCUT2D eigenvalue weighted by atomic mass is 10.2. The minimum Gasteiger partial charge on any atom is -0.444 e. The maximum absolute atomic E-state index is 11.3. The predicted octanol–water partition coefficient (Wildman–Crippen LogP) is 2.82. The number of alkyl carbamates (subject to hydrolysis) is 1. The largest absolute Gasteiger partial charge is 0.444 e. The molecule has 0 bridgehead atoms. The molecule has 0 spiro atoms. The Balaban J connectivity index is 2.18. The van der Waals surface area contributed by atoms with Crippen molar-refractivity contribution in [3.05, 3.63) is 22.4 Å². The molecule has 4 heteroatoms. The van der Waals surface area contributed by atoms with Crippen molar-refractivity contribution in [1.82, 2.24) is 5.32 Å². The van der Waals surface area contributed by atoms with Crippen LogP contribution in [0.1, 0.15) is 26.3 Å². The van der Waals surface area contributed by atoms with Crippen molar-refractivity contribution < 1.29 is 9.53 Å². The third-order valence-electron chi connectivity index (χ3n) is 1.66. The van der Waals surface area contributed by atoms with Crippen LogP contribution in [0.2, 0.25) is 0 Å². The molecule has 0 aliphatic carbocycles. The molecule has 84 valence electrons. The zero-order valence-corrected chi connectivity index (χ0v) is 10.2. The van der Waals surface area contributed by atoms with Gasteiger partial charge in [-0.05, 0) is 49.6 Å². The van der Waals surface area contributed by atoms with Crippen LogP contribution in [0.5, 0.6) is 0 Å². The van der Waals surface area contributed by atoms with Crippen LogP contribution >= 0.6 is 11.3 Å². The highest BCUT2D eigenvalue weighted by molar-refractivity contribution is 7.07. The van der Waals surface area contributed by atoms with Crippen LogP contribution in [-0.4, -0.2) is 18.2 Å². The molecule has 0 radical (unpaired) electrons. The molecular formula is C11H17NO2S. The molecule has 1 aromatic rings. The maximum Gasteiger partial charge on any atom is 0.407 e. The van der Waals surface area contributed by atoms with Gasteiger partial charge in [-0.3, -0.25) is 0 Å². The zero-order valence-electron chi connectivity index (χ0n) is 9.37. The van der Waals surface area contributed by atoms with Gasteiger partial charge < -0.3 is 10.1 Å². The second-order valence-electron chi connectivity index (χ2n) is 4.31. The fourth-order valence-corrected chi connectivity index (χ4v) is 1.76. The van der Waals surface area contributed by atoms with Crippen LogP contribution < -0.4 is 5.32 Å². The molecule has 3 nitrogen and oxygen atoms in total. The standard InChI is InChI=1S/C11H17NO2S/c1-11(2,3)14-10(13)12-6-4-9-5-7-15-8-9/h5,7-8H,4,6H2,1-3H3,(H,12,13). The van der Waals surface area contributed by atoms with E-state index >= 15 is 0 Å². The van der Waals surface area contributed by atoms with Crippen LogP contribution in [-0.2, 0) is 11.2 Å². The number of rotatable bonds is 3. The fraction of sp³-hybridized carbons (Fsp3) is 0.545.